The van der Waals surface area contributed by atoms with Crippen molar-refractivity contribution in [2.45, 2.75) is 26.5 Å². The molecule has 0 amide bonds. The van der Waals surface area contributed by atoms with Crippen LogP contribution < -0.4 is 0 Å². The summed E-state index contributed by atoms with van der Waals surface area (Å²) in [5, 5.41) is 13.4. The van der Waals surface area contributed by atoms with Crippen molar-refractivity contribution in [3.63, 3.8) is 0 Å². The molecule has 0 aliphatic rings. The molecule has 3 heteroatoms. The summed E-state index contributed by atoms with van der Waals surface area (Å²) in [6.45, 7) is 4.28. The maximum Gasteiger partial charge on any atom is 0.0685 e. The van der Waals surface area contributed by atoms with Crippen molar-refractivity contribution < 1.29 is 5.11 Å². The van der Waals surface area contributed by atoms with Gasteiger partial charge < -0.3 is 5.11 Å². The van der Waals surface area contributed by atoms with Crippen molar-refractivity contribution >= 4 is 0 Å². The largest absolute Gasteiger partial charge is 0.392 e. The van der Waals surface area contributed by atoms with E-state index in [2.05, 4.69) is 18.9 Å². The molecule has 16 heavy (non-hydrogen) atoms. The Kier molecular flexibility index (Phi) is 3.06. The molecule has 2 rings (SSSR count). The zero-order valence-corrected chi connectivity index (χ0v) is 9.59. The summed E-state index contributed by atoms with van der Waals surface area (Å²) < 4.78 is 1.98. The van der Waals surface area contributed by atoms with Crippen LogP contribution in [0.2, 0.25) is 0 Å². The van der Waals surface area contributed by atoms with Crippen molar-refractivity contribution in [2.75, 3.05) is 0 Å². The lowest BCUT2D eigenvalue weighted by molar-refractivity contribution is 0.282. The predicted molar refractivity (Wildman–Crippen MR) is 64.0 cm³/mol. The van der Waals surface area contributed by atoms with Crippen LogP contribution in [0.1, 0.15) is 25.5 Å². The van der Waals surface area contributed by atoms with E-state index < -0.39 is 0 Å². The molecule has 0 aliphatic carbocycles. The Hall–Kier alpha value is -1.61. The van der Waals surface area contributed by atoms with Gasteiger partial charge in [-0.2, -0.15) is 5.10 Å². The molecule has 0 fully saturated rings. The van der Waals surface area contributed by atoms with Crippen molar-refractivity contribution in [3.8, 4) is 11.3 Å². The van der Waals surface area contributed by atoms with Gasteiger partial charge in [-0.3, -0.25) is 4.68 Å². The maximum absolute atomic E-state index is 9.12. The molecule has 0 saturated carbocycles. The molecule has 0 spiro atoms. The summed E-state index contributed by atoms with van der Waals surface area (Å²) >= 11 is 0. The van der Waals surface area contributed by atoms with E-state index in [1.165, 1.54) is 0 Å². The van der Waals surface area contributed by atoms with Gasteiger partial charge >= 0.3 is 0 Å². The van der Waals surface area contributed by atoms with Crippen molar-refractivity contribution in [2.24, 2.45) is 0 Å². The average Bonchev–Trinajstić information content (AvgIpc) is 2.78. The van der Waals surface area contributed by atoms with Crippen LogP contribution in [0, 0.1) is 0 Å². The van der Waals surface area contributed by atoms with Crippen LogP contribution in [0.5, 0.6) is 0 Å². The zero-order chi connectivity index (χ0) is 11.5. The van der Waals surface area contributed by atoms with Gasteiger partial charge in [-0.05, 0) is 31.5 Å². The standard InChI is InChI=1S/C13H16N2O/c1-10(2)15-13(6-7-14-15)12-5-3-4-11(8-12)9-16/h3-8,10,16H,9H2,1-2H3. The van der Waals surface area contributed by atoms with Gasteiger partial charge in [0.1, 0.15) is 0 Å². The molecule has 0 saturated heterocycles. The van der Waals surface area contributed by atoms with E-state index in [4.69, 9.17) is 5.11 Å². The normalized spacial score (nSPS) is 11.0. The Morgan fingerprint density at radius 1 is 1.31 bits per heavy atom. The molecule has 1 aromatic heterocycles. The van der Waals surface area contributed by atoms with E-state index in [9.17, 15) is 0 Å². The molecule has 0 unspecified atom stereocenters. The minimum atomic E-state index is 0.0731. The van der Waals surface area contributed by atoms with Gasteiger partial charge in [-0.15, -0.1) is 0 Å². The molecule has 2 aromatic rings. The number of rotatable bonds is 3. The quantitative estimate of drug-likeness (QED) is 0.856. The highest BCUT2D eigenvalue weighted by atomic mass is 16.3. The molecule has 0 bridgehead atoms. The van der Waals surface area contributed by atoms with Gasteiger partial charge in [0.15, 0.2) is 0 Å². The Bertz CT molecular complexity index is 474. The molecule has 1 N–H and O–H groups in total. The van der Waals surface area contributed by atoms with E-state index in [-0.39, 0.29) is 6.61 Å². The van der Waals surface area contributed by atoms with Crippen LogP contribution in [0.3, 0.4) is 0 Å². The fourth-order valence-electron chi connectivity index (χ4n) is 1.78. The van der Waals surface area contributed by atoms with Crippen molar-refractivity contribution in [1.29, 1.82) is 0 Å². The number of nitrogens with zero attached hydrogens (tertiary/aromatic N) is 2. The maximum atomic E-state index is 9.12. The minimum absolute atomic E-state index is 0.0731. The SMILES string of the molecule is CC(C)n1nccc1-c1cccc(CO)c1. The fourth-order valence-corrected chi connectivity index (χ4v) is 1.78. The molecule has 0 aliphatic heterocycles. The summed E-state index contributed by atoms with van der Waals surface area (Å²) in [4.78, 5) is 0. The number of hydrogen-bond donors (Lipinski definition) is 1. The molecule has 3 nitrogen and oxygen atoms in total. The average molecular weight is 216 g/mol. The first-order valence-corrected chi connectivity index (χ1v) is 5.46. The summed E-state index contributed by atoms with van der Waals surface area (Å²) in [6.07, 6.45) is 1.81. The highest BCUT2D eigenvalue weighted by molar-refractivity contribution is 5.60. The highest BCUT2D eigenvalue weighted by Crippen LogP contribution is 2.22. The van der Waals surface area contributed by atoms with Gasteiger partial charge in [0.2, 0.25) is 0 Å². The van der Waals surface area contributed by atoms with Gasteiger partial charge in [0.05, 0.1) is 12.3 Å². The third-order valence-corrected chi connectivity index (χ3v) is 2.56. The Balaban J connectivity index is 2.46. The first-order valence-electron chi connectivity index (χ1n) is 5.46. The Morgan fingerprint density at radius 3 is 2.81 bits per heavy atom. The summed E-state index contributed by atoms with van der Waals surface area (Å²) in [6, 6.07) is 10.2. The van der Waals surface area contributed by atoms with E-state index >= 15 is 0 Å². The second kappa shape index (κ2) is 4.49. The van der Waals surface area contributed by atoms with E-state index in [0.717, 1.165) is 16.8 Å². The number of benzene rings is 1. The molecule has 0 atom stereocenters. The second-order valence-electron chi connectivity index (χ2n) is 4.11. The first-order chi connectivity index (χ1) is 7.72. The molecular weight excluding hydrogens is 200 g/mol. The van der Waals surface area contributed by atoms with Crippen LogP contribution >= 0.6 is 0 Å². The summed E-state index contributed by atoms with van der Waals surface area (Å²) in [7, 11) is 0. The monoisotopic (exact) mass is 216 g/mol. The van der Waals surface area contributed by atoms with Crippen LogP contribution in [0.4, 0.5) is 0 Å². The van der Waals surface area contributed by atoms with Crippen LogP contribution in [-0.2, 0) is 6.61 Å². The summed E-state index contributed by atoms with van der Waals surface area (Å²) in [5.41, 5.74) is 3.11. The van der Waals surface area contributed by atoms with Crippen LogP contribution in [0.25, 0.3) is 11.3 Å². The molecular formula is C13H16N2O. The third kappa shape index (κ3) is 1.99. The lowest BCUT2D eigenvalue weighted by atomic mass is 10.1. The third-order valence-electron chi connectivity index (χ3n) is 2.56. The van der Waals surface area contributed by atoms with Crippen molar-refractivity contribution in [1.82, 2.24) is 9.78 Å². The number of aromatic nitrogens is 2. The van der Waals surface area contributed by atoms with E-state index in [0.29, 0.717) is 6.04 Å². The fraction of sp³-hybridized carbons (Fsp3) is 0.308. The number of hydrogen-bond acceptors (Lipinski definition) is 2. The lowest BCUT2D eigenvalue weighted by Crippen LogP contribution is -2.04. The Labute approximate surface area is 95.3 Å². The van der Waals surface area contributed by atoms with Gasteiger partial charge in [0, 0.05) is 17.8 Å². The number of aliphatic hydroxyl groups excluding tert-OH is 1. The van der Waals surface area contributed by atoms with Gasteiger partial charge in [-0.25, -0.2) is 0 Å². The molecule has 1 aromatic carbocycles. The zero-order valence-electron chi connectivity index (χ0n) is 9.59. The van der Waals surface area contributed by atoms with Crippen LogP contribution in [0.15, 0.2) is 36.5 Å². The molecule has 0 radical (unpaired) electrons. The van der Waals surface area contributed by atoms with Gasteiger partial charge in [-0.1, -0.05) is 18.2 Å². The Morgan fingerprint density at radius 2 is 2.12 bits per heavy atom. The van der Waals surface area contributed by atoms with Gasteiger partial charge in [0.25, 0.3) is 0 Å². The minimum Gasteiger partial charge on any atom is -0.392 e. The predicted octanol–water partition coefficient (Wildman–Crippen LogP) is 2.62. The second-order valence-corrected chi connectivity index (χ2v) is 4.11. The molecule has 1 heterocycles. The van der Waals surface area contributed by atoms with Crippen LogP contribution in [-0.4, -0.2) is 14.9 Å². The topological polar surface area (TPSA) is 38.0 Å². The smallest absolute Gasteiger partial charge is 0.0685 e. The van der Waals surface area contributed by atoms with Crippen molar-refractivity contribution in [3.05, 3.63) is 42.1 Å². The number of aliphatic hydroxyl groups is 1. The highest BCUT2D eigenvalue weighted by Gasteiger charge is 2.08. The van der Waals surface area contributed by atoms with E-state index in [1.54, 1.807) is 6.20 Å². The van der Waals surface area contributed by atoms with E-state index in [1.807, 2.05) is 35.0 Å². The summed E-state index contributed by atoms with van der Waals surface area (Å²) in [5.74, 6) is 0. The lowest BCUT2D eigenvalue weighted by Gasteiger charge is -2.11. The first kappa shape index (κ1) is 10.9. The molecule has 84 valence electrons.